The number of rotatable bonds is 5. The number of amides is 1. The summed E-state index contributed by atoms with van der Waals surface area (Å²) in [7, 11) is 0. The Kier molecular flexibility index (Phi) is 5.49. The quantitative estimate of drug-likeness (QED) is 0.331. The molecule has 4 aromatic heterocycles. The van der Waals surface area contributed by atoms with E-state index in [0.29, 0.717) is 39.9 Å². The number of H-pyrrole nitrogens is 1. The van der Waals surface area contributed by atoms with Crippen LogP contribution in [-0.2, 0) is 0 Å². The fraction of sp³-hybridized carbons (Fsp3) is 0.0357. The fourth-order valence-corrected chi connectivity index (χ4v) is 4.15. The van der Waals surface area contributed by atoms with Crippen LogP contribution in [0, 0.1) is 12.7 Å². The second kappa shape index (κ2) is 9.12. The van der Waals surface area contributed by atoms with Crippen molar-refractivity contribution in [1.82, 2.24) is 29.5 Å². The number of hydrogen-bond acceptors (Lipinski definition) is 5. The molecule has 0 bridgehead atoms. The molecule has 0 spiro atoms. The van der Waals surface area contributed by atoms with Gasteiger partial charge in [-0.1, -0.05) is 30.3 Å². The van der Waals surface area contributed by atoms with E-state index in [4.69, 9.17) is 4.98 Å². The highest BCUT2D eigenvalue weighted by atomic mass is 19.1. The molecule has 0 aliphatic rings. The van der Waals surface area contributed by atoms with Crippen molar-refractivity contribution in [3.63, 3.8) is 0 Å². The van der Waals surface area contributed by atoms with Crippen molar-refractivity contribution in [3.05, 3.63) is 108 Å². The van der Waals surface area contributed by atoms with Gasteiger partial charge in [0.15, 0.2) is 5.65 Å². The Bertz CT molecular complexity index is 1760. The number of pyridine rings is 1. The van der Waals surface area contributed by atoms with Crippen molar-refractivity contribution in [2.75, 3.05) is 5.32 Å². The number of hydrogen-bond donors (Lipinski definition) is 2. The molecule has 0 unspecified atom stereocenters. The van der Waals surface area contributed by atoms with Gasteiger partial charge in [-0.2, -0.15) is 5.10 Å². The van der Waals surface area contributed by atoms with Gasteiger partial charge in [0.1, 0.15) is 28.8 Å². The predicted molar refractivity (Wildman–Crippen MR) is 138 cm³/mol. The number of carbonyl (C=O) groups excluding carboxylic acids is 1. The summed E-state index contributed by atoms with van der Waals surface area (Å²) in [5.41, 5.74) is 5.19. The van der Waals surface area contributed by atoms with Crippen LogP contribution in [0.2, 0.25) is 0 Å². The molecule has 1 amide bonds. The first-order valence-electron chi connectivity index (χ1n) is 11.6. The van der Waals surface area contributed by atoms with E-state index in [2.05, 4.69) is 25.4 Å². The minimum atomic E-state index is -0.370. The van der Waals surface area contributed by atoms with Crippen LogP contribution in [-0.4, -0.2) is 35.5 Å². The van der Waals surface area contributed by atoms with E-state index < -0.39 is 0 Å². The van der Waals surface area contributed by atoms with E-state index in [1.54, 1.807) is 48.1 Å². The molecule has 4 heterocycles. The van der Waals surface area contributed by atoms with E-state index in [0.717, 1.165) is 16.7 Å². The molecule has 2 aromatic carbocycles. The summed E-state index contributed by atoms with van der Waals surface area (Å²) in [5.74, 6) is 0.300. The summed E-state index contributed by atoms with van der Waals surface area (Å²) in [6.45, 7) is 1.71. The monoisotopic (exact) mass is 489 g/mol. The van der Waals surface area contributed by atoms with Gasteiger partial charge < -0.3 is 10.3 Å². The molecular weight excluding hydrogens is 469 g/mol. The van der Waals surface area contributed by atoms with E-state index >= 15 is 0 Å². The van der Waals surface area contributed by atoms with Crippen molar-refractivity contribution in [3.8, 4) is 33.9 Å². The zero-order valence-electron chi connectivity index (χ0n) is 19.7. The number of imidazole rings is 2. The number of nitrogens with zero attached hydrogens (tertiary/aromatic N) is 5. The topological polar surface area (TPSA) is 101 Å². The molecule has 0 aliphatic heterocycles. The molecule has 0 saturated heterocycles. The van der Waals surface area contributed by atoms with E-state index in [1.807, 2.05) is 42.5 Å². The molecule has 8 nitrogen and oxygen atoms in total. The Morgan fingerprint density at radius 3 is 2.62 bits per heavy atom. The van der Waals surface area contributed by atoms with Gasteiger partial charge in [0.05, 0.1) is 11.9 Å². The molecule has 9 heteroatoms. The molecule has 0 saturated carbocycles. The second-order valence-corrected chi connectivity index (χ2v) is 8.46. The van der Waals surface area contributed by atoms with Crippen LogP contribution in [0.25, 0.3) is 39.5 Å². The number of halogens is 1. The Morgan fingerprint density at radius 1 is 0.919 bits per heavy atom. The standard InChI is InChI=1S/C28H20FN7O/c1-17-14-19(9-10-21(17)29)25-26(36-24(35-25)8-5-12-32-36)20-11-13-30-23(15-20)34-28(37)22-16-31-27(33-22)18-6-3-2-4-7-18/h2-16H,1H3,(H,31,33)(H,30,34,37). The minimum Gasteiger partial charge on any atom is -0.334 e. The van der Waals surface area contributed by atoms with Crippen molar-refractivity contribution < 1.29 is 9.18 Å². The zero-order valence-corrected chi connectivity index (χ0v) is 19.7. The van der Waals surface area contributed by atoms with Crippen LogP contribution >= 0.6 is 0 Å². The lowest BCUT2D eigenvalue weighted by molar-refractivity contribution is 0.102. The van der Waals surface area contributed by atoms with E-state index in [9.17, 15) is 9.18 Å². The lowest BCUT2D eigenvalue weighted by Gasteiger charge is -2.08. The van der Waals surface area contributed by atoms with E-state index in [-0.39, 0.29) is 11.7 Å². The maximum Gasteiger partial charge on any atom is 0.274 e. The van der Waals surface area contributed by atoms with Crippen LogP contribution < -0.4 is 5.32 Å². The Hall–Kier alpha value is -5.18. The van der Waals surface area contributed by atoms with Crippen molar-refractivity contribution >= 4 is 17.4 Å². The number of aryl methyl sites for hydroxylation is 1. The summed E-state index contributed by atoms with van der Waals surface area (Å²) in [6, 6.07) is 21.7. The Morgan fingerprint density at radius 2 is 1.78 bits per heavy atom. The summed E-state index contributed by atoms with van der Waals surface area (Å²) in [6.07, 6.45) is 4.77. The molecule has 6 rings (SSSR count). The average Bonchev–Trinajstić information content (AvgIpc) is 3.57. The Balaban J connectivity index is 1.36. The van der Waals surface area contributed by atoms with Gasteiger partial charge in [0.2, 0.25) is 0 Å². The van der Waals surface area contributed by atoms with Gasteiger partial charge in [-0.3, -0.25) is 4.79 Å². The highest BCUT2D eigenvalue weighted by Crippen LogP contribution is 2.33. The molecule has 0 radical (unpaired) electrons. The van der Waals surface area contributed by atoms with E-state index in [1.165, 1.54) is 12.3 Å². The lowest BCUT2D eigenvalue weighted by atomic mass is 10.0. The number of aromatic amines is 1. The smallest absolute Gasteiger partial charge is 0.274 e. The minimum absolute atomic E-state index is 0.282. The number of nitrogens with one attached hydrogen (secondary N) is 2. The third-order valence-corrected chi connectivity index (χ3v) is 5.97. The van der Waals surface area contributed by atoms with Crippen LogP contribution in [0.4, 0.5) is 10.2 Å². The number of fused-ring (bicyclic) bond motifs is 1. The van der Waals surface area contributed by atoms with Gasteiger partial charge in [-0.05, 0) is 55.0 Å². The third-order valence-electron chi connectivity index (χ3n) is 5.97. The molecule has 37 heavy (non-hydrogen) atoms. The summed E-state index contributed by atoms with van der Waals surface area (Å²) in [4.78, 5) is 29.4. The highest BCUT2D eigenvalue weighted by molar-refractivity contribution is 6.02. The molecule has 2 N–H and O–H groups in total. The highest BCUT2D eigenvalue weighted by Gasteiger charge is 2.19. The number of anilines is 1. The largest absolute Gasteiger partial charge is 0.334 e. The first-order chi connectivity index (χ1) is 18.1. The van der Waals surface area contributed by atoms with Crippen molar-refractivity contribution in [1.29, 1.82) is 0 Å². The van der Waals surface area contributed by atoms with Gasteiger partial charge >= 0.3 is 0 Å². The van der Waals surface area contributed by atoms with Gasteiger partial charge in [-0.25, -0.2) is 23.9 Å². The molecule has 0 atom stereocenters. The van der Waals surface area contributed by atoms with Gasteiger partial charge in [0.25, 0.3) is 5.91 Å². The van der Waals surface area contributed by atoms with Crippen LogP contribution in [0.5, 0.6) is 0 Å². The maximum absolute atomic E-state index is 14.0. The van der Waals surface area contributed by atoms with Crippen LogP contribution in [0.3, 0.4) is 0 Å². The normalized spacial score (nSPS) is 11.1. The summed E-state index contributed by atoms with van der Waals surface area (Å²) < 4.78 is 15.7. The molecular formula is C28H20FN7O. The lowest BCUT2D eigenvalue weighted by Crippen LogP contribution is -2.13. The first kappa shape index (κ1) is 22.3. The average molecular weight is 490 g/mol. The number of carbonyl (C=O) groups is 1. The van der Waals surface area contributed by atoms with Crippen molar-refractivity contribution in [2.24, 2.45) is 0 Å². The van der Waals surface area contributed by atoms with Gasteiger partial charge in [0, 0.05) is 29.1 Å². The molecule has 180 valence electrons. The molecule has 0 fully saturated rings. The number of aromatic nitrogens is 6. The second-order valence-electron chi connectivity index (χ2n) is 8.46. The SMILES string of the molecule is Cc1cc(-c2nc3cccnn3c2-c2ccnc(NC(=O)c3cnc(-c4ccccc4)[nH]3)c2)ccc1F. The van der Waals surface area contributed by atoms with Crippen LogP contribution in [0.1, 0.15) is 16.1 Å². The molecule has 0 aliphatic carbocycles. The predicted octanol–water partition coefficient (Wildman–Crippen LogP) is 5.55. The summed E-state index contributed by atoms with van der Waals surface area (Å²) >= 11 is 0. The first-order valence-corrected chi connectivity index (χ1v) is 11.6. The Labute approximate surface area is 210 Å². The van der Waals surface area contributed by atoms with Crippen LogP contribution in [0.15, 0.2) is 91.4 Å². The molecule has 6 aromatic rings. The summed E-state index contributed by atoms with van der Waals surface area (Å²) in [5, 5.41) is 7.30. The van der Waals surface area contributed by atoms with Crippen molar-refractivity contribution in [2.45, 2.75) is 6.92 Å². The zero-order chi connectivity index (χ0) is 25.4. The van der Waals surface area contributed by atoms with Gasteiger partial charge in [-0.15, -0.1) is 0 Å². The fourth-order valence-electron chi connectivity index (χ4n) is 4.15. The number of benzene rings is 2. The maximum atomic E-state index is 14.0. The third kappa shape index (κ3) is 4.23.